The zero-order valence-electron chi connectivity index (χ0n) is 16.2. The molecule has 2 heterocycles. The lowest BCUT2D eigenvalue weighted by molar-refractivity contribution is 0.341. The van der Waals surface area contributed by atoms with E-state index in [9.17, 15) is 0 Å². The van der Waals surface area contributed by atoms with Crippen molar-refractivity contribution in [1.29, 1.82) is 0 Å². The number of rotatable bonds is 8. The van der Waals surface area contributed by atoms with Crippen LogP contribution in [0.4, 0.5) is 0 Å². The van der Waals surface area contributed by atoms with Crippen molar-refractivity contribution in [2.24, 2.45) is 0 Å². The Bertz CT molecular complexity index is 1060. The normalized spacial score (nSPS) is 10.8. The van der Waals surface area contributed by atoms with E-state index in [2.05, 4.69) is 15.0 Å². The van der Waals surface area contributed by atoms with Gasteiger partial charge in [0.15, 0.2) is 5.65 Å². The van der Waals surface area contributed by atoms with Crippen molar-refractivity contribution < 1.29 is 14.2 Å². The number of aromatic amines is 1. The quantitative estimate of drug-likeness (QED) is 0.334. The first-order chi connectivity index (χ1) is 14.3. The summed E-state index contributed by atoms with van der Waals surface area (Å²) in [5.41, 5.74) is 2.44. The predicted molar refractivity (Wildman–Crippen MR) is 115 cm³/mol. The maximum Gasteiger partial charge on any atom is 0.178 e. The molecule has 0 spiro atoms. The molecule has 6 nitrogen and oxygen atoms in total. The van der Waals surface area contributed by atoms with Crippen LogP contribution in [0.3, 0.4) is 0 Å². The minimum atomic E-state index is 0.551. The molecule has 0 aliphatic heterocycles. The number of fused-ring (bicyclic) bond motifs is 1. The van der Waals surface area contributed by atoms with Gasteiger partial charge < -0.3 is 19.2 Å². The Hall–Kier alpha value is -3.19. The van der Waals surface area contributed by atoms with Crippen LogP contribution in [0.15, 0.2) is 65.7 Å². The van der Waals surface area contributed by atoms with Crippen molar-refractivity contribution in [2.45, 2.75) is 4.90 Å². The Kier molecular flexibility index (Phi) is 5.86. The molecule has 0 amide bonds. The van der Waals surface area contributed by atoms with Crippen LogP contribution in [0, 0.1) is 0 Å². The van der Waals surface area contributed by atoms with Crippen molar-refractivity contribution in [3.63, 3.8) is 0 Å². The van der Waals surface area contributed by atoms with E-state index < -0.39 is 0 Å². The third-order valence-corrected chi connectivity index (χ3v) is 5.35. The Labute approximate surface area is 173 Å². The fraction of sp³-hybridized carbons (Fsp3) is 0.182. The van der Waals surface area contributed by atoms with Gasteiger partial charge >= 0.3 is 0 Å². The van der Waals surface area contributed by atoms with Crippen molar-refractivity contribution in [3.05, 3.63) is 60.8 Å². The van der Waals surface area contributed by atoms with Crippen LogP contribution in [-0.4, -0.2) is 41.5 Å². The second-order valence-electron chi connectivity index (χ2n) is 6.19. The largest absolute Gasteiger partial charge is 0.497 e. The highest BCUT2D eigenvalue weighted by Gasteiger charge is 2.13. The number of H-pyrrole nitrogens is 1. The van der Waals surface area contributed by atoms with E-state index in [1.165, 1.54) is 4.90 Å². The van der Waals surface area contributed by atoms with E-state index in [4.69, 9.17) is 14.2 Å². The van der Waals surface area contributed by atoms with Crippen molar-refractivity contribution >= 4 is 22.9 Å². The molecule has 4 rings (SSSR count). The molecule has 0 unspecified atom stereocenters. The van der Waals surface area contributed by atoms with E-state index in [0.717, 1.165) is 39.9 Å². The number of imidazole rings is 1. The summed E-state index contributed by atoms with van der Waals surface area (Å²) in [5, 5.41) is 0. The molecule has 1 N–H and O–H groups in total. The third kappa shape index (κ3) is 4.46. The summed E-state index contributed by atoms with van der Waals surface area (Å²) in [7, 11) is 3.31. The van der Waals surface area contributed by atoms with Crippen LogP contribution in [-0.2, 0) is 0 Å². The van der Waals surface area contributed by atoms with Gasteiger partial charge in [-0.3, -0.25) is 0 Å². The molecule has 148 valence electrons. The summed E-state index contributed by atoms with van der Waals surface area (Å²) < 4.78 is 16.6. The molecule has 0 saturated heterocycles. The van der Waals surface area contributed by atoms with Crippen molar-refractivity contribution in [1.82, 2.24) is 15.0 Å². The van der Waals surface area contributed by atoms with Crippen LogP contribution in [0.2, 0.25) is 0 Å². The van der Waals surface area contributed by atoms with Gasteiger partial charge in [0.25, 0.3) is 0 Å². The molecule has 0 radical (unpaired) electrons. The van der Waals surface area contributed by atoms with Gasteiger partial charge in [-0.15, -0.1) is 11.8 Å². The topological polar surface area (TPSA) is 69.3 Å². The van der Waals surface area contributed by atoms with E-state index in [0.29, 0.717) is 12.3 Å². The zero-order valence-corrected chi connectivity index (χ0v) is 17.0. The Morgan fingerprint density at radius 3 is 2.52 bits per heavy atom. The number of benzene rings is 2. The lowest BCUT2D eigenvalue weighted by atomic mass is 10.2. The van der Waals surface area contributed by atoms with Gasteiger partial charge in [0.2, 0.25) is 0 Å². The molecule has 0 atom stereocenters. The van der Waals surface area contributed by atoms with E-state index in [-0.39, 0.29) is 0 Å². The summed E-state index contributed by atoms with van der Waals surface area (Å²) in [5.74, 6) is 3.84. The van der Waals surface area contributed by atoms with E-state index >= 15 is 0 Å². The number of methoxy groups -OCH3 is 2. The fourth-order valence-corrected chi connectivity index (χ4v) is 3.63. The van der Waals surface area contributed by atoms with Crippen LogP contribution in [0.5, 0.6) is 17.2 Å². The highest BCUT2D eigenvalue weighted by Crippen LogP contribution is 2.33. The molecule has 0 bridgehead atoms. The predicted octanol–water partition coefficient (Wildman–Crippen LogP) is 4.81. The Morgan fingerprint density at radius 1 is 0.966 bits per heavy atom. The summed E-state index contributed by atoms with van der Waals surface area (Å²) in [4.78, 5) is 13.4. The number of nitrogens with one attached hydrogen (secondary N) is 1. The lowest BCUT2D eigenvalue weighted by Crippen LogP contribution is -2.02. The molecule has 0 fully saturated rings. The first kappa shape index (κ1) is 19.1. The highest BCUT2D eigenvalue weighted by atomic mass is 32.2. The minimum absolute atomic E-state index is 0.551. The molecule has 2 aromatic heterocycles. The molecule has 0 saturated carbocycles. The van der Waals surface area contributed by atoms with Crippen LogP contribution < -0.4 is 14.2 Å². The van der Waals surface area contributed by atoms with Crippen LogP contribution in [0.25, 0.3) is 22.6 Å². The monoisotopic (exact) mass is 407 g/mol. The molecule has 29 heavy (non-hydrogen) atoms. The molecule has 0 aliphatic carbocycles. The first-order valence-electron chi connectivity index (χ1n) is 9.15. The number of pyridine rings is 1. The summed E-state index contributed by atoms with van der Waals surface area (Å²) >= 11 is 1.73. The van der Waals surface area contributed by atoms with Gasteiger partial charge in [-0.25, -0.2) is 9.97 Å². The maximum absolute atomic E-state index is 6.09. The van der Waals surface area contributed by atoms with Gasteiger partial charge in [-0.2, -0.15) is 0 Å². The maximum atomic E-state index is 6.09. The average Bonchev–Trinajstić information content (AvgIpc) is 3.21. The third-order valence-electron chi connectivity index (χ3n) is 4.37. The molecular weight excluding hydrogens is 386 g/mol. The fourth-order valence-electron chi connectivity index (χ4n) is 2.90. The van der Waals surface area contributed by atoms with Gasteiger partial charge in [0.1, 0.15) is 23.1 Å². The molecule has 0 aliphatic rings. The standard InChI is InChI=1S/C22H21N3O3S/c1-26-15-5-8-17(9-6-15)29-13-12-28-20-14-16(27-2)7-10-18(20)21-24-19-4-3-11-23-22(19)25-21/h3-11,14H,12-13H2,1-2H3,(H,23,24,25). The lowest BCUT2D eigenvalue weighted by Gasteiger charge is -2.12. The summed E-state index contributed by atoms with van der Waals surface area (Å²) in [6.07, 6.45) is 1.73. The average molecular weight is 407 g/mol. The van der Waals surface area contributed by atoms with Crippen LogP contribution >= 0.6 is 11.8 Å². The zero-order chi connectivity index (χ0) is 20.1. The number of thioether (sulfide) groups is 1. The van der Waals surface area contributed by atoms with Gasteiger partial charge in [0, 0.05) is 22.9 Å². The van der Waals surface area contributed by atoms with E-state index in [1.807, 2.05) is 54.6 Å². The SMILES string of the molecule is COc1ccc(SCCOc2cc(OC)ccc2-c2nc3ncccc3[nH]2)cc1. The second kappa shape index (κ2) is 8.87. The first-order valence-corrected chi connectivity index (χ1v) is 10.1. The number of hydrogen-bond donors (Lipinski definition) is 1. The molecular formula is C22H21N3O3S. The Morgan fingerprint density at radius 2 is 1.76 bits per heavy atom. The minimum Gasteiger partial charge on any atom is -0.497 e. The number of aromatic nitrogens is 3. The van der Waals surface area contributed by atoms with Crippen molar-refractivity contribution in [3.8, 4) is 28.6 Å². The molecule has 7 heteroatoms. The summed E-state index contributed by atoms with van der Waals surface area (Å²) in [6.45, 7) is 0.551. The Balaban J connectivity index is 1.48. The number of ether oxygens (including phenoxy) is 3. The molecule has 2 aromatic carbocycles. The van der Waals surface area contributed by atoms with Gasteiger partial charge in [-0.1, -0.05) is 0 Å². The number of hydrogen-bond acceptors (Lipinski definition) is 6. The van der Waals surface area contributed by atoms with Crippen molar-refractivity contribution in [2.75, 3.05) is 26.6 Å². The van der Waals surface area contributed by atoms with Gasteiger partial charge in [0.05, 0.1) is 31.9 Å². The number of nitrogens with zero attached hydrogens (tertiary/aromatic N) is 2. The smallest absolute Gasteiger partial charge is 0.178 e. The van der Waals surface area contributed by atoms with Crippen LogP contribution in [0.1, 0.15) is 0 Å². The summed E-state index contributed by atoms with van der Waals surface area (Å²) in [6, 6.07) is 17.6. The molecule has 4 aromatic rings. The van der Waals surface area contributed by atoms with Gasteiger partial charge in [-0.05, 0) is 48.5 Å². The van der Waals surface area contributed by atoms with E-state index in [1.54, 1.807) is 32.2 Å². The highest BCUT2D eigenvalue weighted by molar-refractivity contribution is 7.99. The second-order valence-corrected chi connectivity index (χ2v) is 7.36.